The number of hydrogen-bond donors (Lipinski definition) is 1. The lowest BCUT2D eigenvalue weighted by atomic mass is 10.2. The third-order valence-corrected chi connectivity index (χ3v) is 5.40. The van der Waals surface area contributed by atoms with Crippen molar-refractivity contribution in [1.29, 1.82) is 0 Å². The highest BCUT2D eigenvalue weighted by atomic mass is 35.5. The van der Waals surface area contributed by atoms with E-state index in [9.17, 15) is 14.4 Å². The quantitative estimate of drug-likeness (QED) is 0.688. The van der Waals surface area contributed by atoms with Gasteiger partial charge in [-0.15, -0.1) is 0 Å². The van der Waals surface area contributed by atoms with Crippen molar-refractivity contribution in [2.24, 2.45) is 5.73 Å². The number of amides is 3. The van der Waals surface area contributed by atoms with E-state index >= 15 is 0 Å². The van der Waals surface area contributed by atoms with Gasteiger partial charge in [0.15, 0.2) is 6.61 Å². The molecule has 1 aliphatic heterocycles. The molecule has 0 unspecified atom stereocenters. The second-order valence-electron chi connectivity index (χ2n) is 5.84. The van der Waals surface area contributed by atoms with Gasteiger partial charge in [0.05, 0.1) is 21.5 Å². The van der Waals surface area contributed by atoms with Crippen molar-refractivity contribution >= 4 is 58.1 Å². The van der Waals surface area contributed by atoms with Crippen molar-refractivity contribution < 1.29 is 19.1 Å². The minimum atomic E-state index is -0.570. The predicted molar refractivity (Wildman–Crippen MR) is 109 cm³/mol. The highest BCUT2D eigenvalue weighted by Gasteiger charge is 2.35. The number of primary amides is 1. The van der Waals surface area contributed by atoms with Crippen LogP contribution in [0, 0.1) is 0 Å². The highest BCUT2D eigenvalue weighted by molar-refractivity contribution is 8.18. The molecule has 1 fully saturated rings. The fourth-order valence-electron chi connectivity index (χ4n) is 2.42. The number of nitrogens with two attached hydrogens (primary N) is 1. The molecule has 0 bridgehead atoms. The van der Waals surface area contributed by atoms with Crippen LogP contribution in [0.15, 0.2) is 47.4 Å². The maximum absolute atomic E-state index is 12.6. The Kier molecular flexibility index (Phi) is 6.28. The topological polar surface area (TPSA) is 89.7 Å². The second kappa shape index (κ2) is 8.68. The minimum Gasteiger partial charge on any atom is -0.484 e. The lowest BCUT2D eigenvalue weighted by Crippen LogP contribution is -2.27. The SMILES string of the molecule is NC(=O)COc1ccc(/C=C2\SC(=O)N(Cc3ccc(Cl)c(Cl)c3)C2=O)cc1. The van der Waals surface area contributed by atoms with E-state index < -0.39 is 5.91 Å². The van der Waals surface area contributed by atoms with Crippen molar-refractivity contribution in [2.75, 3.05) is 6.61 Å². The smallest absolute Gasteiger partial charge is 0.293 e. The van der Waals surface area contributed by atoms with E-state index in [1.165, 1.54) is 0 Å². The van der Waals surface area contributed by atoms with Gasteiger partial charge in [0, 0.05) is 0 Å². The second-order valence-corrected chi connectivity index (χ2v) is 7.65. The van der Waals surface area contributed by atoms with Crippen LogP contribution in [-0.2, 0) is 16.1 Å². The van der Waals surface area contributed by atoms with E-state index in [4.69, 9.17) is 33.7 Å². The predicted octanol–water partition coefficient (Wildman–Crippen LogP) is 4.09. The summed E-state index contributed by atoms with van der Waals surface area (Å²) >= 11 is 12.7. The Morgan fingerprint density at radius 1 is 1.11 bits per heavy atom. The first-order valence-corrected chi connectivity index (χ1v) is 9.61. The molecule has 6 nitrogen and oxygen atoms in total. The van der Waals surface area contributed by atoms with Gasteiger partial charge in [-0.05, 0) is 53.2 Å². The van der Waals surface area contributed by atoms with Crippen LogP contribution in [0.3, 0.4) is 0 Å². The molecule has 144 valence electrons. The first-order valence-electron chi connectivity index (χ1n) is 8.04. The molecular weight excluding hydrogens is 423 g/mol. The first-order chi connectivity index (χ1) is 13.3. The number of imide groups is 1. The normalized spacial score (nSPS) is 15.4. The number of hydrogen-bond acceptors (Lipinski definition) is 5. The molecule has 0 aromatic heterocycles. The van der Waals surface area contributed by atoms with Gasteiger partial charge in [-0.3, -0.25) is 19.3 Å². The molecule has 0 aliphatic carbocycles. The molecular formula is C19H14Cl2N2O4S. The van der Waals surface area contributed by atoms with E-state index in [0.29, 0.717) is 31.8 Å². The summed E-state index contributed by atoms with van der Waals surface area (Å²) in [6, 6.07) is 11.7. The highest BCUT2D eigenvalue weighted by Crippen LogP contribution is 2.34. The molecule has 0 spiro atoms. The number of carbonyl (C=O) groups is 3. The summed E-state index contributed by atoms with van der Waals surface area (Å²) in [5, 5.41) is 0.409. The van der Waals surface area contributed by atoms with Crippen LogP contribution in [-0.4, -0.2) is 28.6 Å². The molecule has 2 aromatic carbocycles. The fourth-order valence-corrected chi connectivity index (χ4v) is 3.58. The van der Waals surface area contributed by atoms with Crippen molar-refractivity contribution in [3.8, 4) is 5.75 Å². The Hall–Kier alpha value is -2.48. The van der Waals surface area contributed by atoms with Crippen LogP contribution in [0.5, 0.6) is 5.75 Å². The van der Waals surface area contributed by atoms with Gasteiger partial charge in [0.25, 0.3) is 17.1 Å². The van der Waals surface area contributed by atoms with Gasteiger partial charge in [0.1, 0.15) is 5.75 Å². The maximum atomic E-state index is 12.6. The van der Waals surface area contributed by atoms with Crippen LogP contribution >= 0.6 is 35.0 Å². The lowest BCUT2D eigenvalue weighted by molar-refractivity contribution is -0.123. The molecule has 0 saturated carbocycles. The minimum absolute atomic E-state index is 0.110. The summed E-state index contributed by atoms with van der Waals surface area (Å²) in [5.74, 6) is -0.474. The fraction of sp³-hybridized carbons (Fsp3) is 0.105. The third-order valence-electron chi connectivity index (χ3n) is 3.76. The molecule has 0 radical (unpaired) electrons. The van der Waals surface area contributed by atoms with Crippen molar-refractivity contribution in [1.82, 2.24) is 4.90 Å². The Labute approximate surface area is 175 Å². The van der Waals surface area contributed by atoms with E-state index in [1.807, 2.05) is 0 Å². The number of rotatable bonds is 6. The molecule has 0 atom stereocenters. The van der Waals surface area contributed by atoms with E-state index in [2.05, 4.69) is 0 Å². The molecule has 3 amide bonds. The standard InChI is InChI=1S/C19H14Cl2N2O4S/c20-14-6-3-12(7-15(14)21)9-23-18(25)16(28-19(23)26)8-11-1-4-13(5-2-11)27-10-17(22)24/h1-8H,9-10H2,(H2,22,24)/b16-8-. The van der Waals surface area contributed by atoms with E-state index in [-0.39, 0.29) is 24.3 Å². The zero-order valence-corrected chi connectivity index (χ0v) is 16.7. The van der Waals surface area contributed by atoms with Crippen molar-refractivity contribution in [3.63, 3.8) is 0 Å². The van der Waals surface area contributed by atoms with Crippen LogP contribution in [0.25, 0.3) is 6.08 Å². The Balaban J connectivity index is 1.71. The number of halogens is 2. The number of ether oxygens (including phenoxy) is 1. The monoisotopic (exact) mass is 436 g/mol. The number of thioether (sulfide) groups is 1. The van der Waals surface area contributed by atoms with Gasteiger partial charge in [-0.2, -0.15) is 0 Å². The van der Waals surface area contributed by atoms with Crippen LogP contribution in [0.4, 0.5) is 4.79 Å². The molecule has 2 N–H and O–H groups in total. The van der Waals surface area contributed by atoms with Gasteiger partial charge < -0.3 is 10.5 Å². The molecule has 9 heteroatoms. The summed E-state index contributed by atoms with van der Waals surface area (Å²) in [6.07, 6.45) is 1.62. The number of benzene rings is 2. The number of nitrogens with zero attached hydrogens (tertiary/aromatic N) is 1. The average molecular weight is 437 g/mol. The lowest BCUT2D eigenvalue weighted by Gasteiger charge is -2.12. The molecule has 1 saturated heterocycles. The van der Waals surface area contributed by atoms with Crippen LogP contribution < -0.4 is 10.5 Å². The maximum Gasteiger partial charge on any atom is 0.293 e. The summed E-state index contributed by atoms with van der Waals surface area (Å²) in [7, 11) is 0. The van der Waals surface area contributed by atoms with Gasteiger partial charge in [-0.1, -0.05) is 41.4 Å². The Morgan fingerprint density at radius 3 is 2.46 bits per heavy atom. The molecule has 28 heavy (non-hydrogen) atoms. The summed E-state index contributed by atoms with van der Waals surface area (Å²) < 4.78 is 5.18. The summed E-state index contributed by atoms with van der Waals surface area (Å²) in [4.78, 5) is 37.1. The van der Waals surface area contributed by atoms with E-state index in [0.717, 1.165) is 16.7 Å². The Bertz CT molecular complexity index is 976. The summed E-state index contributed by atoms with van der Waals surface area (Å²) in [6.45, 7) is -0.105. The summed E-state index contributed by atoms with van der Waals surface area (Å²) in [5.41, 5.74) is 6.44. The largest absolute Gasteiger partial charge is 0.484 e. The van der Waals surface area contributed by atoms with Crippen molar-refractivity contribution in [3.05, 3.63) is 68.5 Å². The van der Waals surface area contributed by atoms with Gasteiger partial charge in [0.2, 0.25) is 0 Å². The van der Waals surface area contributed by atoms with Crippen LogP contribution in [0.2, 0.25) is 10.0 Å². The van der Waals surface area contributed by atoms with Gasteiger partial charge in [-0.25, -0.2) is 0 Å². The Morgan fingerprint density at radius 2 is 1.82 bits per heavy atom. The molecule has 1 aliphatic rings. The zero-order valence-electron chi connectivity index (χ0n) is 14.4. The first kappa shape index (κ1) is 20.3. The zero-order chi connectivity index (χ0) is 20.3. The third kappa shape index (κ3) is 4.86. The molecule has 3 rings (SSSR count). The van der Waals surface area contributed by atoms with Gasteiger partial charge >= 0.3 is 0 Å². The van der Waals surface area contributed by atoms with Crippen LogP contribution in [0.1, 0.15) is 11.1 Å². The molecule has 2 aromatic rings. The van der Waals surface area contributed by atoms with E-state index in [1.54, 1.807) is 48.5 Å². The number of carbonyl (C=O) groups excluding carboxylic acids is 3. The van der Waals surface area contributed by atoms with Crippen molar-refractivity contribution in [2.45, 2.75) is 6.54 Å². The average Bonchev–Trinajstić information content (AvgIpc) is 2.91. The molecule has 1 heterocycles.